The zero-order chi connectivity index (χ0) is 27.0. The Hall–Kier alpha value is -3.07. The van der Waals surface area contributed by atoms with Crippen molar-refractivity contribution in [2.75, 3.05) is 12.4 Å². The van der Waals surface area contributed by atoms with Crippen LogP contribution in [0.25, 0.3) is 5.69 Å². The zero-order valence-corrected chi connectivity index (χ0v) is 22.9. The van der Waals surface area contributed by atoms with Crippen molar-refractivity contribution in [2.24, 2.45) is 0 Å². The van der Waals surface area contributed by atoms with Crippen LogP contribution in [0.5, 0.6) is 0 Å². The Morgan fingerprint density at radius 3 is 2.35 bits per heavy atom. The summed E-state index contributed by atoms with van der Waals surface area (Å²) in [7, 11) is 1.28. The monoisotopic (exact) mass is 562 g/mol. The Kier molecular flexibility index (Phi) is 7.83. The fraction of sp³-hybridized carbons (Fsp3) is 0.308. The highest BCUT2D eigenvalue weighted by Crippen LogP contribution is 2.29. The first-order valence-electron chi connectivity index (χ1n) is 11.6. The van der Waals surface area contributed by atoms with Crippen LogP contribution in [-0.4, -0.2) is 45.5 Å². The number of benzene rings is 2. The fourth-order valence-corrected chi connectivity index (χ4v) is 4.80. The summed E-state index contributed by atoms with van der Waals surface area (Å²) in [5.41, 5.74) is 1.73. The Labute approximate surface area is 229 Å². The number of nitrogens with zero attached hydrogens (tertiary/aromatic N) is 3. The smallest absolute Gasteiger partial charge is 0.337 e. The van der Waals surface area contributed by atoms with Gasteiger partial charge in [0, 0.05) is 23.2 Å². The second-order valence-corrected chi connectivity index (χ2v) is 10.3. The Bertz CT molecular complexity index is 1450. The molecule has 194 valence electrons. The third kappa shape index (κ3) is 5.32. The molecule has 0 aliphatic carbocycles. The van der Waals surface area contributed by atoms with Gasteiger partial charge in [0.15, 0.2) is 0 Å². The molecular weight excluding hydrogens is 539 g/mol. The van der Waals surface area contributed by atoms with E-state index >= 15 is 0 Å². The van der Waals surface area contributed by atoms with Gasteiger partial charge in [-0.1, -0.05) is 34.8 Å². The van der Waals surface area contributed by atoms with Crippen LogP contribution in [0.15, 0.2) is 41.2 Å². The zero-order valence-electron chi connectivity index (χ0n) is 20.6. The first-order valence-corrected chi connectivity index (χ1v) is 12.7. The number of carbonyl (C=O) groups is 2. The molecule has 2 aromatic carbocycles. The number of hydrogen-bond acceptors (Lipinski definition) is 6. The number of fused-ring (bicyclic) bond motifs is 1. The second-order valence-electron chi connectivity index (χ2n) is 9.07. The molecule has 4 rings (SSSR count). The van der Waals surface area contributed by atoms with E-state index in [9.17, 15) is 14.4 Å². The molecule has 3 aromatic rings. The number of rotatable bonds is 5. The van der Waals surface area contributed by atoms with E-state index in [0.717, 1.165) is 0 Å². The summed E-state index contributed by atoms with van der Waals surface area (Å²) in [6.45, 7) is 5.86. The minimum atomic E-state index is -0.537. The van der Waals surface area contributed by atoms with Crippen LogP contribution in [0, 0.1) is 0 Å². The van der Waals surface area contributed by atoms with Gasteiger partial charge in [0.2, 0.25) is 5.95 Å². The number of carbonyl (C=O) groups excluding carboxylic acids is 2. The van der Waals surface area contributed by atoms with E-state index < -0.39 is 5.97 Å². The highest BCUT2D eigenvalue weighted by molar-refractivity contribution is 6.42. The quantitative estimate of drug-likeness (QED) is 0.419. The van der Waals surface area contributed by atoms with Crippen LogP contribution in [0.1, 0.15) is 52.7 Å². The fourth-order valence-electron chi connectivity index (χ4n) is 4.24. The van der Waals surface area contributed by atoms with Gasteiger partial charge < -0.3 is 15.0 Å². The molecule has 0 saturated carbocycles. The van der Waals surface area contributed by atoms with Crippen molar-refractivity contribution in [3.05, 3.63) is 84.2 Å². The molecule has 0 fully saturated rings. The molecule has 1 atom stereocenters. The molecule has 37 heavy (non-hydrogen) atoms. The van der Waals surface area contributed by atoms with E-state index in [-0.39, 0.29) is 51.7 Å². The Morgan fingerprint density at radius 1 is 1.05 bits per heavy atom. The molecule has 0 bridgehead atoms. The predicted octanol–water partition coefficient (Wildman–Crippen LogP) is 5.39. The first kappa shape index (κ1) is 27.0. The van der Waals surface area contributed by atoms with Crippen LogP contribution < -0.4 is 10.9 Å². The molecular formula is C26H25Cl3N4O4. The maximum absolute atomic E-state index is 13.8. The minimum Gasteiger partial charge on any atom is -0.465 e. The van der Waals surface area contributed by atoms with Crippen LogP contribution in [0.4, 0.5) is 5.95 Å². The molecule has 2 heterocycles. The number of hydrogen-bond donors (Lipinski definition) is 1. The van der Waals surface area contributed by atoms with Crippen LogP contribution in [-0.2, 0) is 17.7 Å². The number of aromatic nitrogens is 2. The Morgan fingerprint density at radius 2 is 1.73 bits per heavy atom. The summed E-state index contributed by atoms with van der Waals surface area (Å²) < 4.78 is 6.17. The molecule has 1 N–H and O–H groups in total. The summed E-state index contributed by atoms with van der Waals surface area (Å²) >= 11 is 18.6. The summed E-state index contributed by atoms with van der Waals surface area (Å²) in [6, 6.07) is 8.98. The van der Waals surface area contributed by atoms with Crippen LogP contribution in [0.2, 0.25) is 15.1 Å². The third-order valence-corrected chi connectivity index (χ3v) is 7.11. The lowest BCUT2D eigenvalue weighted by atomic mass is 9.98. The maximum Gasteiger partial charge on any atom is 0.337 e. The summed E-state index contributed by atoms with van der Waals surface area (Å²) in [5, 5.41) is 4.05. The van der Waals surface area contributed by atoms with Gasteiger partial charge in [0.05, 0.1) is 45.7 Å². The van der Waals surface area contributed by atoms with Crippen molar-refractivity contribution < 1.29 is 14.3 Å². The van der Waals surface area contributed by atoms with Crippen molar-refractivity contribution in [1.82, 2.24) is 14.5 Å². The van der Waals surface area contributed by atoms with Crippen LogP contribution >= 0.6 is 34.8 Å². The molecule has 8 nitrogen and oxygen atoms in total. The number of anilines is 1. The van der Waals surface area contributed by atoms with Gasteiger partial charge >= 0.3 is 5.97 Å². The number of nitrogens with one attached hydrogen (secondary N) is 1. The number of esters is 1. The van der Waals surface area contributed by atoms with Crippen molar-refractivity contribution in [3.8, 4) is 5.69 Å². The number of amides is 1. The van der Waals surface area contributed by atoms with E-state index in [1.54, 1.807) is 29.2 Å². The van der Waals surface area contributed by atoms with Gasteiger partial charge in [0.25, 0.3) is 11.5 Å². The summed E-state index contributed by atoms with van der Waals surface area (Å²) in [6.07, 6.45) is 0.300. The third-order valence-electron chi connectivity index (χ3n) is 6.07. The molecule has 1 amide bonds. The van der Waals surface area contributed by atoms with E-state index in [2.05, 4.69) is 5.32 Å². The first-order chi connectivity index (χ1) is 17.5. The van der Waals surface area contributed by atoms with Gasteiger partial charge in [-0.25, -0.2) is 14.3 Å². The largest absolute Gasteiger partial charge is 0.465 e. The van der Waals surface area contributed by atoms with Crippen molar-refractivity contribution in [2.45, 2.75) is 45.8 Å². The molecule has 11 heteroatoms. The second kappa shape index (κ2) is 10.7. The van der Waals surface area contributed by atoms with Crippen molar-refractivity contribution in [3.63, 3.8) is 0 Å². The highest BCUT2D eigenvalue weighted by Gasteiger charge is 2.32. The predicted molar refractivity (Wildman–Crippen MR) is 144 cm³/mol. The van der Waals surface area contributed by atoms with Gasteiger partial charge in [-0.15, -0.1) is 0 Å². The number of methoxy groups -OCH3 is 1. The molecule has 1 aliphatic heterocycles. The van der Waals surface area contributed by atoms with E-state index in [1.165, 1.54) is 23.8 Å². The highest BCUT2D eigenvalue weighted by atomic mass is 35.5. The average molecular weight is 564 g/mol. The summed E-state index contributed by atoms with van der Waals surface area (Å²) in [5.74, 6) is -0.490. The van der Waals surface area contributed by atoms with Gasteiger partial charge in [0.1, 0.15) is 0 Å². The van der Waals surface area contributed by atoms with E-state index in [1.807, 2.05) is 20.8 Å². The van der Waals surface area contributed by atoms with Crippen molar-refractivity contribution in [1.29, 1.82) is 0 Å². The number of halogens is 3. The molecule has 0 spiro atoms. The minimum absolute atomic E-state index is 0.0548. The van der Waals surface area contributed by atoms with Gasteiger partial charge in [-0.3, -0.25) is 9.59 Å². The maximum atomic E-state index is 13.8. The summed E-state index contributed by atoms with van der Waals surface area (Å²) in [4.78, 5) is 45.5. The van der Waals surface area contributed by atoms with Gasteiger partial charge in [-0.05, 0) is 63.6 Å². The molecule has 1 aromatic heterocycles. The van der Waals surface area contributed by atoms with Crippen LogP contribution in [0.3, 0.4) is 0 Å². The molecule has 0 radical (unpaired) electrons. The lowest BCUT2D eigenvalue weighted by Crippen LogP contribution is -2.46. The molecule has 0 saturated heterocycles. The normalized spacial score (nSPS) is 14.9. The standard InChI is InChI=1S/C26H25Cl3N4O4/c1-13(2)30-26-31-21-12-32(23(34)15-5-7-18(27)19(28)10-15)14(3)9-17(21)24(35)33(26)22-8-6-16(11-20(22)29)25(36)37-4/h5-8,10-11,13-14H,9,12H2,1-4H3,(H,30,31)/t14-/m1/s1. The SMILES string of the molecule is COC(=O)c1ccc(-n2c(NC(C)C)nc3c(c2=O)C[C@@H](C)N(C(=O)c2ccc(Cl)c(Cl)c2)C3)c(Cl)c1. The lowest BCUT2D eigenvalue weighted by molar-refractivity contribution is 0.0599. The lowest BCUT2D eigenvalue weighted by Gasteiger charge is -2.35. The Balaban J connectivity index is 1.79. The van der Waals surface area contributed by atoms with Gasteiger partial charge in [-0.2, -0.15) is 0 Å². The average Bonchev–Trinajstić information content (AvgIpc) is 2.85. The van der Waals surface area contributed by atoms with Crippen molar-refractivity contribution >= 4 is 52.6 Å². The van der Waals surface area contributed by atoms with E-state index in [4.69, 9.17) is 44.5 Å². The van der Waals surface area contributed by atoms with E-state index in [0.29, 0.717) is 34.0 Å². The molecule has 0 unspecified atom stereocenters. The molecule has 1 aliphatic rings. The number of ether oxygens (including phenoxy) is 1. The topological polar surface area (TPSA) is 93.5 Å².